The maximum absolute atomic E-state index is 11.2. The molecule has 66 heavy (non-hydrogen) atoms. The molecule has 10 aliphatic rings. The molecule has 0 aromatic rings. The summed E-state index contributed by atoms with van der Waals surface area (Å²) in [6, 6.07) is 0. The molecule has 30 nitrogen and oxygen atoms in total. The predicted octanol–water partition coefficient (Wildman–Crippen LogP) is -9.88. The lowest BCUT2D eigenvalue weighted by atomic mass is 9.95. The number of hydrogen-bond acceptors (Lipinski definition) is 30. The van der Waals surface area contributed by atoms with Gasteiger partial charge in [0.25, 0.3) is 0 Å². The number of ether oxygens (including phenoxy) is 10. The molecule has 0 saturated carbocycles. The van der Waals surface area contributed by atoms with Crippen LogP contribution < -0.4 is 0 Å². The van der Waals surface area contributed by atoms with Crippen LogP contribution in [0.3, 0.4) is 0 Å². The fourth-order valence-electron chi connectivity index (χ4n) is 7.75. The first-order chi connectivity index (χ1) is 31.3. The fraction of sp³-hybridized carbons (Fsp3) is 0.889. The van der Waals surface area contributed by atoms with E-state index in [0.29, 0.717) is 0 Å². The molecule has 0 amide bonds. The zero-order valence-electron chi connectivity index (χ0n) is 34.5. The highest BCUT2D eigenvalue weighted by Crippen LogP contribution is 2.36. The van der Waals surface area contributed by atoms with E-state index in [1.165, 1.54) is 0 Å². The highest BCUT2D eigenvalue weighted by atomic mass is 16.8. The van der Waals surface area contributed by atoms with Gasteiger partial charge in [0.1, 0.15) is 110 Å². The Balaban J connectivity index is 1.52. The van der Waals surface area contributed by atoms with Crippen LogP contribution >= 0.6 is 0 Å². The lowest BCUT2D eigenvalue weighted by molar-refractivity contribution is -0.390. The number of rotatable bonds is 8. The molecule has 10 aliphatic heterocycles. The van der Waals surface area contributed by atoms with E-state index >= 15 is 0 Å². The number of hydrogen-bond donors (Lipinski definition) is 20. The Bertz CT molecular complexity index is 1570. The van der Waals surface area contributed by atoms with Crippen molar-refractivity contribution in [3.8, 4) is 0 Å². The standard InChI is InChI=1S/C36H60O30/c37-3-1-9-15(43)22(50)32(56)63-27-11(5-39)60-34(24(52)17(27)45)65-29-13(7-41)62-36(26(54)19(29)47)66-30-14(8-42)61-35(25(53)20(30)48)64-28-12(6-40)59-33(23(51)18(28)46)58-10(2-4-38)16(44)21(49)31(55)57-9/h9-14,17-20,23-56H,1-8H2/b21-16-,22-15?. The van der Waals surface area contributed by atoms with Gasteiger partial charge in [-0.1, -0.05) is 0 Å². The summed E-state index contributed by atoms with van der Waals surface area (Å²) in [6.45, 7) is -5.92. The minimum Gasteiger partial charge on any atom is -0.506 e. The monoisotopic (exact) mass is 972 g/mol. The Morgan fingerprint density at radius 3 is 0.833 bits per heavy atom. The van der Waals surface area contributed by atoms with Crippen molar-refractivity contribution < 1.29 is 149 Å². The smallest absolute Gasteiger partial charge is 0.218 e. The van der Waals surface area contributed by atoms with E-state index in [2.05, 4.69) is 0 Å². The lowest BCUT2D eigenvalue weighted by Crippen LogP contribution is -2.67. The first kappa shape index (κ1) is 54.6. The third-order valence-electron chi connectivity index (χ3n) is 11.4. The number of fused-ring (bicyclic) bond motifs is 2. The molecule has 24 atom stereocenters. The van der Waals surface area contributed by atoms with E-state index in [1.54, 1.807) is 0 Å². The first-order valence-electron chi connectivity index (χ1n) is 20.5. The summed E-state index contributed by atoms with van der Waals surface area (Å²) in [6.07, 6.45) is -51.0. The summed E-state index contributed by atoms with van der Waals surface area (Å²) in [7, 11) is 0. The van der Waals surface area contributed by atoms with Crippen LogP contribution in [-0.4, -0.2) is 289 Å². The van der Waals surface area contributed by atoms with Crippen molar-refractivity contribution in [1.29, 1.82) is 0 Å². The lowest BCUT2D eigenvalue weighted by Gasteiger charge is -2.49. The van der Waals surface area contributed by atoms with Crippen LogP contribution in [0.5, 0.6) is 0 Å². The van der Waals surface area contributed by atoms with Crippen LogP contribution in [0.25, 0.3) is 0 Å². The minimum absolute atomic E-state index is 0.660. The summed E-state index contributed by atoms with van der Waals surface area (Å²) in [5.41, 5.74) is 0. The normalized spacial score (nSPS) is 48.5. The van der Waals surface area contributed by atoms with Crippen molar-refractivity contribution in [2.45, 2.75) is 160 Å². The molecule has 10 rings (SSSR count). The van der Waals surface area contributed by atoms with Crippen LogP contribution in [0.1, 0.15) is 12.8 Å². The van der Waals surface area contributed by atoms with Gasteiger partial charge in [0.05, 0.1) is 26.4 Å². The molecule has 4 saturated heterocycles. The van der Waals surface area contributed by atoms with E-state index in [4.69, 9.17) is 47.4 Å². The molecule has 384 valence electrons. The molecule has 0 spiro atoms. The van der Waals surface area contributed by atoms with Crippen molar-refractivity contribution in [2.24, 2.45) is 0 Å². The largest absolute Gasteiger partial charge is 0.506 e. The van der Waals surface area contributed by atoms with Gasteiger partial charge in [0, 0.05) is 26.1 Å². The maximum atomic E-state index is 11.2. The zero-order chi connectivity index (χ0) is 48.9. The highest BCUT2D eigenvalue weighted by Gasteiger charge is 2.56. The summed E-state index contributed by atoms with van der Waals surface area (Å²) >= 11 is 0. The van der Waals surface area contributed by atoms with Crippen molar-refractivity contribution in [1.82, 2.24) is 0 Å². The number of aliphatic hydroxyl groups is 20. The van der Waals surface area contributed by atoms with E-state index < -0.39 is 223 Å². The molecule has 0 aromatic carbocycles. The molecule has 24 unspecified atom stereocenters. The van der Waals surface area contributed by atoms with Crippen LogP contribution in [0, 0.1) is 0 Å². The molecule has 0 aliphatic carbocycles. The average molecular weight is 973 g/mol. The SMILES string of the molecule is OCCC1OC(O)/C(O)=C(/O)C(CCO)OC2OC(CO)C(OC3OC(CO)C(OC4OC(CO)C(OC5OC(CO)C(OC(O)C(O)=C1O)C(O)C5O)C(O)C4O)C(O)C3O)C(O)C2O. The number of aliphatic hydroxyl groups excluding tert-OH is 20. The van der Waals surface area contributed by atoms with Crippen molar-refractivity contribution in [3.63, 3.8) is 0 Å². The molecular formula is C36H60O30. The van der Waals surface area contributed by atoms with E-state index in [1.807, 2.05) is 0 Å². The van der Waals surface area contributed by atoms with E-state index in [9.17, 15) is 102 Å². The fourth-order valence-corrected chi connectivity index (χ4v) is 7.75. The molecular weight excluding hydrogens is 912 g/mol. The Labute approximate surface area is 372 Å². The molecule has 0 radical (unpaired) electrons. The van der Waals surface area contributed by atoms with Gasteiger partial charge in [-0.3, -0.25) is 0 Å². The van der Waals surface area contributed by atoms with Gasteiger partial charge in [-0.15, -0.1) is 0 Å². The van der Waals surface area contributed by atoms with Crippen molar-refractivity contribution in [2.75, 3.05) is 39.6 Å². The molecule has 30 heteroatoms. The van der Waals surface area contributed by atoms with Gasteiger partial charge >= 0.3 is 0 Å². The van der Waals surface area contributed by atoms with Crippen LogP contribution in [0.15, 0.2) is 23.0 Å². The van der Waals surface area contributed by atoms with Crippen molar-refractivity contribution in [3.05, 3.63) is 23.0 Å². The van der Waals surface area contributed by atoms with Gasteiger partial charge < -0.3 is 149 Å². The van der Waals surface area contributed by atoms with Crippen LogP contribution in [0.2, 0.25) is 0 Å². The predicted molar refractivity (Wildman–Crippen MR) is 200 cm³/mol. The molecule has 4 fully saturated rings. The molecule has 10 heterocycles. The molecule has 20 N–H and O–H groups in total. The van der Waals surface area contributed by atoms with Gasteiger partial charge in [-0.2, -0.15) is 0 Å². The first-order valence-corrected chi connectivity index (χ1v) is 20.5. The molecule has 8 bridgehead atoms. The van der Waals surface area contributed by atoms with Crippen LogP contribution in [0.4, 0.5) is 0 Å². The zero-order valence-corrected chi connectivity index (χ0v) is 34.5. The van der Waals surface area contributed by atoms with E-state index in [0.717, 1.165) is 0 Å². The van der Waals surface area contributed by atoms with Gasteiger partial charge in [0.15, 0.2) is 48.2 Å². The quantitative estimate of drug-likeness (QED) is 0.107. The summed E-state index contributed by atoms with van der Waals surface area (Å²) in [5.74, 6) is -5.80. The Kier molecular flexibility index (Phi) is 19.8. The van der Waals surface area contributed by atoms with Crippen LogP contribution in [-0.2, 0) is 47.4 Å². The maximum Gasteiger partial charge on any atom is 0.218 e. The summed E-state index contributed by atoms with van der Waals surface area (Å²) < 4.78 is 54.9. The second-order valence-electron chi connectivity index (χ2n) is 15.7. The Morgan fingerprint density at radius 2 is 0.545 bits per heavy atom. The Hall–Kier alpha value is -2.36. The topological polar surface area (TPSA) is 497 Å². The van der Waals surface area contributed by atoms with Gasteiger partial charge in [-0.25, -0.2) is 0 Å². The second-order valence-corrected chi connectivity index (χ2v) is 15.7. The molecule has 0 aromatic heterocycles. The third-order valence-corrected chi connectivity index (χ3v) is 11.4. The average Bonchev–Trinajstić information content (AvgIpc) is 3.30. The Morgan fingerprint density at radius 1 is 0.288 bits per heavy atom. The summed E-state index contributed by atoms with van der Waals surface area (Å²) in [5, 5.41) is 214. The third kappa shape index (κ3) is 11.6. The second kappa shape index (κ2) is 24.0. The van der Waals surface area contributed by atoms with Gasteiger partial charge in [-0.05, 0) is 0 Å². The minimum atomic E-state index is -2.71. The van der Waals surface area contributed by atoms with E-state index in [-0.39, 0.29) is 0 Å². The van der Waals surface area contributed by atoms with Crippen molar-refractivity contribution >= 4 is 0 Å². The summed E-state index contributed by atoms with van der Waals surface area (Å²) in [4.78, 5) is 0. The van der Waals surface area contributed by atoms with Gasteiger partial charge in [0.2, 0.25) is 12.6 Å². The highest BCUT2D eigenvalue weighted by molar-refractivity contribution is 5.11.